The van der Waals surface area contributed by atoms with Gasteiger partial charge >= 0.3 is 5.97 Å². The van der Waals surface area contributed by atoms with Crippen LogP contribution in [0.5, 0.6) is 0 Å². The molecule has 1 atom stereocenters. The van der Waals surface area contributed by atoms with Crippen LogP contribution in [0.3, 0.4) is 0 Å². The van der Waals surface area contributed by atoms with Gasteiger partial charge in [0.2, 0.25) is 11.8 Å². The highest BCUT2D eigenvalue weighted by Gasteiger charge is 2.21. The Morgan fingerprint density at radius 3 is 1.78 bits per heavy atom. The first-order chi connectivity index (χ1) is 24.0. The Kier molecular flexibility index (Phi) is 24.4. The summed E-state index contributed by atoms with van der Waals surface area (Å²) in [6.45, 7) is 5.95. The lowest BCUT2D eigenvalue weighted by Gasteiger charge is -2.17. The van der Waals surface area contributed by atoms with Crippen LogP contribution in [0.2, 0.25) is 0 Å². The fourth-order valence-electron chi connectivity index (χ4n) is 6.13. The Bertz CT molecular complexity index is 1130. The molecule has 0 aliphatic carbocycles. The van der Waals surface area contributed by atoms with Gasteiger partial charge in [-0.15, -0.1) is 0 Å². The number of pyridine rings is 2. The Labute approximate surface area is 297 Å². The molecule has 0 saturated carbocycles. The molecule has 0 saturated heterocycles. The minimum atomic E-state index is -0.623. The van der Waals surface area contributed by atoms with E-state index in [4.69, 9.17) is 4.74 Å². The smallest absolute Gasteiger partial charge is 0.328 e. The van der Waals surface area contributed by atoms with Gasteiger partial charge in [-0.2, -0.15) is 0 Å². The lowest BCUT2D eigenvalue weighted by Crippen LogP contribution is -2.41. The van der Waals surface area contributed by atoms with Crippen LogP contribution in [0.25, 0.3) is 11.1 Å². The highest BCUT2D eigenvalue weighted by molar-refractivity contribution is 5.84. The second-order valence-corrected chi connectivity index (χ2v) is 13.4. The Hall–Kier alpha value is -3.29. The minimum absolute atomic E-state index is 0.0846. The number of aryl methyl sites for hydroxylation is 1. The van der Waals surface area contributed by atoms with Crippen LogP contribution in [-0.4, -0.2) is 42.0 Å². The van der Waals surface area contributed by atoms with E-state index in [1.807, 2.05) is 24.5 Å². The monoisotopic (exact) mass is 680 g/mol. The molecular formula is C41H67N4O4+. The van der Waals surface area contributed by atoms with E-state index in [1.165, 1.54) is 88.2 Å². The molecule has 0 fully saturated rings. The maximum absolute atomic E-state index is 12.6. The molecule has 1 unspecified atom stereocenters. The summed E-state index contributed by atoms with van der Waals surface area (Å²) >= 11 is 0. The van der Waals surface area contributed by atoms with Gasteiger partial charge in [0.25, 0.3) is 0 Å². The second kappa shape index (κ2) is 28.5. The minimum Gasteiger partial charge on any atom is -0.464 e. The van der Waals surface area contributed by atoms with Crippen LogP contribution in [-0.2, 0) is 25.7 Å². The van der Waals surface area contributed by atoms with Crippen molar-refractivity contribution in [2.75, 3.05) is 13.2 Å². The molecule has 8 heteroatoms. The van der Waals surface area contributed by atoms with Gasteiger partial charge in [0.15, 0.2) is 12.4 Å². The molecule has 274 valence electrons. The van der Waals surface area contributed by atoms with E-state index in [0.717, 1.165) is 51.5 Å². The number of hydrogen-bond donors (Lipinski definition) is 2. The van der Waals surface area contributed by atoms with Crippen molar-refractivity contribution in [3.8, 4) is 11.1 Å². The number of nitrogens with one attached hydrogen (secondary N) is 2. The third-order valence-electron chi connectivity index (χ3n) is 9.13. The average molecular weight is 680 g/mol. The van der Waals surface area contributed by atoms with E-state index in [2.05, 4.69) is 51.6 Å². The van der Waals surface area contributed by atoms with Gasteiger partial charge in [-0.05, 0) is 68.7 Å². The standard InChI is InChI=1S/C41H66N4O4/c1-3-5-6-7-8-9-12-15-18-24-39(46)43-30-21-20-23-38(41(48)49-4-2)44-40(47)25-19-16-13-10-11-14-17-22-33-45-34-28-37(29-35-45)36-26-31-42-32-27-36/h26-29,31-32,34-35,38H,3-25,30,33H2,1-2H3,(H-,43,44,46,47)/p+1. The Morgan fingerprint density at radius 2 is 1.18 bits per heavy atom. The first-order valence-corrected chi connectivity index (χ1v) is 19.7. The molecule has 2 amide bonds. The number of carbonyl (C=O) groups excluding carboxylic acids is 3. The summed E-state index contributed by atoms with van der Waals surface area (Å²) in [5, 5.41) is 5.91. The molecule has 2 heterocycles. The van der Waals surface area contributed by atoms with E-state index in [-0.39, 0.29) is 17.8 Å². The number of aromatic nitrogens is 2. The predicted molar refractivity (Wildman–Crippen MR) is 199 cm³/mol. The number of esters is 1. The number of nitrogens with zero attached hydrogens (tertiary/aromatic N) is 2. The summed E-state index contributed by atoms with van der Waals surface area (Å²) in [4.78, 5) is 41.3. The normalized spacial score (nSPS) is 11.6. The van der Waals surface area contributed by atoms with Gasteiger partial charge in [0.05, 0.1) is 6.61 Å². The number of amides is 2. The van der Waals surface area contributed by atoms with Crippen molar-refractivity contribution in [3.63, 3.8) is 0 Å². The summed E-state index contributed by atoms with van der Waals surface area (Å²) in [6, 6.07) is 7.76. The zero-order chi connectivity index (χ0) is 35.2. The molecule has 8 nitrogen and oxygen atoms in total. The molecule has 0 spiro atoms. The second-order valence-electron chi connectivity index (χ2n) is 13.4. The van der Waals surface area contributed by atoms with Gasteiger partial charge in [-0.3, -0.25) is 14.6 Å². The average Bonchev–Trinajstić information content (AvgIpc) is 3.11. The van der Waals surface area contributed by atoms with Gasteiger partial charge in [0, 0.05) is 50.3 Å². The topological polar surface area (TPSA) is 101 Å². The first-order valence-electron chi connectivity index (χ1n) is 19.7. The van der Waals surface area contributed by atoms with Crippen LogP contribution < -0.4 is 15.2 Å². The zero-order valence-electron chi connectivity index (χ0n) is 30.9. The van der Waals surface area contributed by atoms with Crippen LogP contribution in [0.1, 0.15) is 155 Å². The van der Waals surface area contributed by atoms with E-state index < -0.39 is 6.04 Å². The molecule has 49 heavy (non-hydrogen) atoms. The third kappa shape index (κ3) is 21.4. The van der Waals surface area contributed by atoms with E-state index in [1.54, 1.807) is 6.92 Å². The maximum atomic E-state index is 12.6. The summed E-state index contributed by atoms with van der Waals surface area (Å²) < 4.78 is 7.47. The fraction of sp³-hybridized carbons (Fsp3) is 0.683. The largest absolute Gasteiger partial charge is 0.464 e. The summed E-state index contributed by atoms with van der Waals surface area (Å²) in [6.07, 6.45) is 31.2. The molecule has 0 bridgehead atoms. The quantitative estimate of drug-likeness (QED) is 0.0488. The highest BCUT2D eigenvalue weighted by Crippen LogP contribution is 2.16. The van der Waals surface area contributed by atoms with Crippen molar-refractivity contribution >= 4 is 17.8 Å². The van der Waals surface area contributed by atoms with Gasteiger partial charge < -0.3 is 15.4 Å². The van der Waals surface area contributed by atoms with Gasteiger partial charge in [-0.25, -0.2) is 9.36 Å². The molecule has 2 aromatic rings. The molecular weight excluding hydrogens is 612 g/mol. The molecule has 0 radical (unpaired) electrons. The molecule has 2 rings (SSSR count). The Balaban J connectivity index is 1.46. The van der Waals surface area contributed by atoms with Crippen LogP contribution in [0, 0.1) is 0 Å². The number of carbonyl (C=O) groups is 3. The van der Waals surface area contributed by atoms with Crippen LogP contribution >= 0.6 is 0 Å². The molecule has 0 aromatic carbocycles. The van der Waals surface area contributed by atoms with Gasteiger partial charge in [-0.1, -0.05) is 90.4 Å². The van der Waals surface area contributed by atoms with Crippen molar-refractivity contribution in [3.05, 3.63) is 49.1 Å². The van der Waals surface area contributed by atoms with Crippen molar-refractivity contribution < 1.29 is 23.7 Å². The number of hydrogen-bond acceptors (Lipinski definition) is 5. The third-order valence-corrected chi connectivity index (χ3v) is 9.13. The summed E-state index contributed by atoms with van der Waals surface area (Å²) in [5.74, 6) is -0.346. The van der Waals surface area contributed by atoms with Crippen molar-refractivity contribution in [1.29, 1.82) is 0 Å². The number of rotatable bonds is 30. The lowest BCUT2D eigenvalue weighted by atomic mass is 10.1. The van der Waals surface area contributed by atoms with Crippen LogP contribution in [0.4, 0.5) is 0 Å². The van der Waals surface area contributed by atoms with Crippen molar-refractivity contribution in [1.82, 2.24) is 15.6 Å². The zero-order valence-corrected chi connectivity index (χ0v) is 30.9. The van der Waals surface area contributed by atoms with E-state index in [0.29, 0.717) is 32.4 Å². The van der Waals surface area contributed by atoms with Crippen molar-refractivity contribution in [2.24, 2.45) is 0 Å². The van der Waals surface area contributed by atoms with E-state index in [9.17, 15) is 14.4 Å². The molecule has 0 aliphatic heterocycles. The Morgan fingerprint density at radius 1 is 0.653 bits per heavy atom. The van der Waals surface area contributed by atoms with Crippen molar-refractivity contribution in [2.45, 2.75) is 168 Å². The summed E-state index contributed by atoms with van der Waals surface area (Å²) in [5.41, 5.74) is 2.40. The maximum Gasteiger partial charge on any atom is 0.328 e. The molecule has 0 aliphatic rings. The lowest BCUT2D eigenvalue weighted by molar-refractivity contribution is -0.697. The number of ether oxygens (including phenoxy) is 1. The van der Waals surface area contributed by atoms with E-state index >= 15 is 0 Å². The molecule has 2 N–H and O–H groups in total. The van der Waals surface area contributed by atoms with Gasteiger partial charge in [0.1, 0.15) is 12.6 Å². The fourth-order valence-corrected chi connectivity index (χ4v) is 6.13. The predicted octanol–water partition coefficient (Wildman–Crippen LogP) is 8.80. The highest BCUT2D eigenvalue weighted by atomic mass is 16.5. The SMILES string of the molecule is CCCCCCCCCCCC(=O)NCCCCC(NC(=O)CCCCCCCCCC[n+]1ccc(-c2ccncc2)cc1)C(=O)OCC. The first kappa shape index (κ1) is 41.9. The summed E-state index contributed by atoms with van der Waals surface area (Å²) in [7, 11) is 0. The molecule has 2 aromatic heterocycles. The van der Waals surface area contributed by atoms with Crippen LogP contribution in [0.15, 0.2) is 49.1 Å². The number of unbranched alkanes of at least 4 members (excludes halogenated alkanes) is 16.